The van der Waals surface area contributed by atoms with Gasteiger partial charge in [0.05, 0.1) is 5.02 Å². The number of hydrogen-bond donors (Lipinski definition) is 0. The molecule has 0 radical (unpaired) electrons. The van der Waals surface area contributed by atoms with Crippen molar-refractivity contribution >= 4 is 34.5 Å². The quantitative estimate of drug-likeness (QED) is 0.648. The molecule has 1 aromatic heterocycles. The maximum atomic E-state index is 5.80. The van der Waals surface area contributed by atoms with Crippen LogP contribution < -0.4 is 0 Å². The van der Waals surface area contributed by atoms with Crippen molar-refractivity contribution in [2.24, 2.45) is 5.92 Å². The lowest BCUT2D eigenvalue weighted by atomic mass is 10.3. The van der Waals surface area contributed by atoms with Crippen molar-refractivity contribution in [3.8, 4) is 0 Å². The second kappa shape index (κ2) is 2.96. The first kappa shape index (κ1) is 7.90. The predicted molar refractivity (Wildman–Crippen MR) is 50.9 cm³/mol. The van der Waals surface area contributed by atoms with Crippen molar-refractivity contribution in [3.63, 3.8) is 0 Å². The van der Waals surface area contributed by atoms with E-state index in [9.17, 15) is 0 Å². The van der Waals surface area contributed by atoms with E-state index in [-0.39, 0.29) is 0 Å². The third-order valence-corrected chi connectivity index (χ3v) is 3.88. The molecule has 0 N–H and O–H groups in total. The Morgan fingerprint density at radius 1 is 1.64 bits per heavy atom. The number of halogens is 2. The van der Waals surface area contributed by atoms with E-state index >= 15 is 0 Å². The van der Waals surface area contributed by atoms with Gasteiger partial charge in [0.25, 0.3) is 0 Å². The summed E-state index contributed by atoms with van der Waals surface area (Å²) >= 11 is 13.3. The molecular formula is C8H8Cl2S. The van der Waals surface area contributed by atoms with Crippen LogP contribution in [0.3, 0.4) is 0 Å². The summed E-state index contributed by atoms with van der Waals surface area (Å²) in [6.45, 7) is 0. The normalized spacial score (nSPS) is 28.9. The molecule has 0 spiro atoms. The number of rotatable bonds is 2. The summed E-state index contributed by atoms with van der Waals surface area (Å²) in [6.07, 6.45) is 1.25. The van der Waals surface area contributed by atoms with Crippen LogP contribution in [0.2, 0.25) is 5.02 Å². The summed E-state index contributed by atoms with van der Waals surface area (Å²) in [6, 6.07) is 2.06. The Morgan fingerprint density at radius 2 is 2.45 bits per heavy atom. The van der Waals surface area contributed by atoms with E-state index in [1.165, 1.54) is 11.3 Å². The van der Waals surface area contributed by atoms with Gasteiger partial charge in [0.15, 0.2) is 0 Å². The van der Waals surface area contributed by atoms with Crippen molar-refractivity contribution in [3.05, 3.63) is 21.3 Å². The molecule has 0 aliphatic heterocycles. The van der Waals surface area contributed by atoms with Crippen LogP contribution in [0.25, 0.3) is 0 Å². The molecule has 2 rings (SSSR count). The molecule has 11 heavy (non-hydrogen) atoms. The Kier molecular flexibility index (Phi) is 2.13. The van der Waals surface area contributed by atoms with E-state index < -0.39 is 0 Å². The SMILES string of the molecule is ClCC1CC1c1cc(Cl)cs1. The van der Waals surface area contributed by atoms with E-state index in [2.05, 4.69) is 6.07 Å². The molecule has 0 bridgehead atoms. The molecule has 3 heteroatoms. The van der Waals surface area contributed by atoms with Gasteiger partial charge >= 0.3 is 0 Å². The highest BCUT2D eigenvalue weighted by molar-refractivity contribution is 7.10. The molecule has 1 aromatic rings. The van der Waals surface area contributed by atoms with Gasteiger partial charge in [-0.3, -0.25) is 0 Å². The molecule has 1 aliphatic rings. The van der Waals surface area contributed by atoms with Crippen LogP contribution in [0, 0.1) is 5.92 Å². The van der Waals surface area contributed by atoms with Gasteiger partial charge in [-0.15, -0.1) is 22.9 Å². The Morgan fingerprint density at radius 3 is 2.91 bits per heavy atom. The topological polar surface area (TPSA) is 0 Å². The summed E-state index contributed by atoms with van der Waals surface area (Å²) in [5.41, 5.74) is 0. The summed E-state index contributed by atoms with van der Waals surface area (Å²) in [4.78, 5) is 1.40. The molecule has 0 nitrogen and oxygen atoms in total. The van der Waals surface area contributed by atoms with Gasteiger partial charge in [0.1, 0.15) is 0 Å². The van der Waals surface area contributed by atoms with Gasteiger partial charge in [0.2, 0.25) is 0 Å². The van der Waals surface area contributed by atoms with E-state index in [0.717, 1.165) is 10.9 Å². The minimum atomic E-state index is 0.713. The molecule has 2 unspecified atom stereocenters. The average Bonchev–Trinajstić information content (AvgIpc) is 2.68. The highest BCUT2D eigenvalue weighted by Crippen LogP contribution is 2.50. The van der Waals surface area contributed by atoms with Crippen LogP contribution in [0.15, 0.2) is 11.4 Å². The zero-order valence-corrected chi connectivity index (χ0v) is 8.22. The maximum absolute atomic E-state index is 5.80. The molecule has 1 heterocycles. The van der Waals surface area contributed by atoms with Gasteiger partial charge < -0.3 is 0 Å². The fourth-order valence-corrected chi connectivity index (χ4v) is 2.92. The summed E-state index contributed by atoms with van der Waals surface area (Å²) in [5.74, 6) is 2.22. The van der Waals surface area contributed by atoms with Crippen LogP contribution in [-0.4, -0.2) is 5.88 Å². The zero-order chi connectivity index (χ0) is 7.84. The lowest BCUT2D eigenvalue weighted by molar-refractivity contribution is 0.935. The Bertz CT molecular complexity index is 256. The molecule has 0 amide bonds. The summed E-state index contributed by atoms with van der Waals surface area (Å²) in [5, 5.41) is 2.85. The Labute approximate surface area is 80.1 Å². The van der Waals surface area contributed by atoms with E-state index in [1.807, 2.05) is 5.38 Å². The monoisotopic (exact) mass is 206 g/mol. The van der Waals surface area contributed by atoms with Gasteiger partial charge in [-0.05, 0) is 24.3 Å². The lowest BCUT2D eigenvalue weighted by Gasteiger charge is -1.89. The average molecular weight is 207 g/mol. The van der Waals surface area contributed by atoms with E-state index in [4.69, 9.17) is 23.2 Å². The highest BCUT2D eigenvalue weighted by atomic mass is 35.5. The fourth-order valence-electron chi connectivity index (χ4n) is 1.29. The maximum Gasteiger partial charge on any atom is 0.0515 e. The van der Waals surface area contributed by atoms with Gasteiger partial charge in [-0.1, -0.05) is 11.6 Å². The summed E-state index contributed by atoms with van der Waals surface area (Å²) in [7, 11) is 0. The van der Waals surface area contributed by atoms with Crippen LogP contribution in [0.5, 0.6) is 0 Å². The minimum absolute atomic E-state index is 0.713. The Balaban J connectivity index is 2.08. The van der Waals surface area contributed by atoms with Gasteiger partial charge in [0, 0.05) is 16.1 Å². The first-order valence-electron chi connectivity index (χ1n) is 3.61. The first-order chi connectivity index (χ1) is 5.31. The van der Waals surface area contributed by atoms with Crippen LogP contribution in [0.1, 0.15) is 17.2 Å². The van der Waals surface area contributed by atoms with Crippen LogP contribution in [0.4, 0.5) is 0 Å². The molecular weight excluding hydrogens is 199 g/mol. The molecule has 60 valence electrons. The molecule has 0 saturated heterocycles. The third-order valence-electron chi connectivity index (χ3n) is 2.07. The van der Waals surface area contributed by atoms with Gasteiger partial charge in [-0.25, -0.2) is 0 Å². The second-order valence-corrected chi connectivity index (χ2v) is 4.61. The molecule has 1 aliphatic carbocycles. The van der Waals surface area contributed by atoms with Crippen molar-refractivity contribution < 1.29 is 0 Å². The fraction of sp³-hybridized carbons (Fsp3) is 0.500. The number of alkyl halides is 1. The third kappa shape index (κ3) is 1.56. The minimum Gasteiger partial charge on any atom is -0.147 e. The van der Waals surface area contributed by atoms with Crippen molar-refractivity contribution in [2.75, 3.05) is 5.88 Å². The predicted octanol–water partition coefficient (Wildman–Crippen LogP) is 3.74. The molecule has 1 saturated carbocycles. The largest absolute Gasteiger partial charge is 0.147 e. The molecule has 2 atom stereocenters. The van der Waals surface area contributed by atoms with E-state index in [0.29, 0.717) is 11.8 Å². The lowest BCUT2D eigenvalue weighted by Crippen LogP contribution is -1.78. The molecule has 0 aromatic carbocycles. The van der Waals surface area contributed by atoms with Crippen molar-refractivity contribution in [2.45, 2.75) is 12.3 Å². The zero-order valence-electron chi connectivity index (χ0n) is 5.89. The van der Waals surface area contributed by atoms with Crippen LogP contribution >= 0.6 is 34.5 Å². The number of thiophene rings is 1. The van der Waals surface area contributed by atoms with E-state index in [1.54, 1.807) is 11.3 Å². The second-order valence-electron chi connectivity index (χ2n) is 2.92. The van der Waals surface area contributed by atoms with Crippen molar-refractivity contribution in [1.82, 2.24) is 0 Å². The highest BCUT2D eigenvalue weighted by Gasteiger charge is 2.38. The smallest absolute Gasteiger partial charge is 0.0515 e. The Hall–Kier alpha value is 0.280. The van der Waals surface area contributed by atoms with Crippen molar-refractivity contribution in [1.29, 1.82) is 0 Å². The first-order valence-corrected chi connectivity index (χ1v) is 5.40. The van der Waals surface area contributed by atoms with Crippen LogP contribution in [-0.2, 0) is 0 Å². The number of hydrogen-bond acceptors (Lipinski definition) is 1. The standard InChI is InChI=1S/C8H8Cl2S/c9-3-5-1-7(5)8-2-6(10)4-11-8/h2,4-5,7H,1,3H2. The van der Waals surface area contributed by atoms with Gasteiger partial charge in [-0.2, -0.15) is 0 Å². The molecule has 1 fully saturated rings. The summed E-state index contributed by atoms with van der Waals surface area (Å²) < 4.78 is 0.